The summed E-state index contributed by atoms with van der Waals surface area (Å²) in [5.41, 5.74) is 5.41. The van der Waals surface area contributed by atoms with Crippen LogP contribution in [-0.2, 0) is 23.7 Å². The van der Waals surface area contributed by atoms with Crippen molar-refractivity contribution in [1.82, 2.24) is 0 Å². The smallest absolute Gasteiger partial charge is 0.183 e. The summed E-state index contributed by atoms with van der Waals surface area (Å²) in [6, 6.07) is 0. The van der Waals surface area contributed by atoms with E-state index < -0.39 is 16.8 Å². The summed E-state index contributed by atoms with van der Waals surface area (Å²) in [7, 11) is 0.836. The molecule has 0 radical (unpaired) electrons. The van der Waals surface area contributed by atoms with E-state index in [1.165, 1.54) is 0 Å². The van der Waals surface area contributed by atoms with Crippen LogP contribution in [0.3, 0.4) is 0 Å². The maximum Gasteiger partial charge on any atom is 0.183 e. The lowest BCUT2D eigenvalue weighted by Gasteiger charge is -2.44. The molecule has 0 aliphatic rings. The van der Waals surface area contributed by atoms with Crippen molar-refractivity contribution in [2.24, 2.45) is 5.73 Å². The van der Waals surface area contributed by atoms with Gasteiger partial charge in [0.2, 0.25) is 0 Å². The molecule has 0 rings (SSSR count). The van der Waals surface area contributed by atoms with Crippen molar-refractivity contribution in [3.05, 3.63) is 0 Å². The second-order valence-corrected chi connectivity index (χ2v) is 12.1. The first-order valence-electron chi connectivity index (χ1n) is 12.1. The van der Waals surface area contributed by atoms with Gasteiger partial charge in [-0.25, -0.2) is 0 Å². The minimum atomic E-state index is -0.786. The van der Waals surface area contributed by atoms with Crippen molar-refractivity contribution >= 4 is 17.2 Å². The fourth-order valence-electron chi connectivity index (χ4n) is 3.92. The maximum atomic E-state index is 7.00. The first-order valence-corrected chi connectivity index (χ1v) is 14.2. The fourth-order valence-corrected chi connectivity index (χ4v) is 7.50. The molecule has 0 saturated heterocycles. The molecule has 0 heterocycles. The van der Waals surface area contributed by atoms with E-state index in [1.54, 1.807) is 0 Å². The topological polar surface area (TPSA) is 72.2 Å². The Labute approximate surface area is 196 Å². The van der Waals surface area contributed by atoms with E-state index in [2.05, 4.69) is 27.7 Å². The van der Waals surface area contributed by atoms with E-state index in [0.29, 0.717) is 43.6 Å². The zero-order valence-electron chi connectivity index (χ0n) is 21.8. The second kappa shape index (κ2) is 15.5. The van der Waals surface area contributed by atoms with E-state index in [-0.39, 0.29) is 17.4 Å². The van der Waals surface area contributed by atoms with Crippen LogP contribution in [0, 0.1) is 0 Å². The first kappa shape index (κ1) is 31.6. The molecule has 0 amide bonds. The molecule has 0 aromatic carbocycles. The number of hydrogen-bond donors (Lipinski definition) is 1. The van der Waals surface area contributed by atoms with Gasteiger partial charge < -0.3 is 29.4 Å². The van der Waals surface area contributed by atoms with Crippen LogP contribution < -0.4 is 5.73 Å². The Hall–Kier alpha value is 0.620. The summed E-state index contributed by atoms with van der Waals surface area (Å²) in [6.07, 6.45) is 2.33. The highest BCUT2D eigenvalue weighted by Crippen LogP contribution is 2.48. The largest absolute Gasteiger partial charge is 0.358 e. The van der Waals surface area contributed by atoms with Crippen molar-refractivity contribution in [2.75, 3.05) is 26.4 Å². The SMILES string of the molecule is CCOC(CC)(OCC)PC(C)CC(N)(OC(C)C)C(C)PC(CC)(OCC)OCC. The Morgan fingerprint density at radius 1 is 0.677 bits per heavy atom. The summed E-state index contributed by atoms with van der Waals surface area (Å²) >= 11 is 0. The highest BCUT2D eigenvalue weighted by Gasteiger charge is 2.43. The molecule has 8 heteroatoms. The Morgan fingerprint density at radius 2 is 1.06 bits per heavy atom. The molecule has 0 fully saturated rings. The van der Waals surface area contributed by atoms with Gasteiger partial charge in [0.25, 0.3) is 0 Å². The number of rotatable bonds is 19. The monoisotopic (exact) mass is 483 g/mol. The molecule has 5 unspecified atom stereocenters. The molecule has 0 aromatic heterocycles. The average molecular weight is 484 g/mol. The summed E-state index contributed by atoms with van der Waals surface area (Å²) < 4.78 is 30.7. The molecule has 0 bridgehead atoms. The quantitative estimate of drug-likeness (QED) is 0.183. The Morgan fingerprint density at radius 3 is 1.39 bits per heavy atom. The average Bonchev–Trinajstić information content (AvgIpc) is 2.67. The van der Waals surface area contributed by atoms with Gasteiger partial charge in [0.15, 0.2) is 11.1 Å². The Kier molecular flexibility index (Phi) is 15.8. The van der Waals surface area contributed by atoms with Gasteiger partial charge >= 0.3 is 0 Å². The molecule has 6 nitrogen and oxygen atoms in total. The lowest BCUT2D eigenvalue weighted by Crippen LogP contribution is -2.54. The predicted molar refractivity (Wildman–Crippen MR) is 136 cm³/mol. The van der Waals surface area contributed by atoms with E-state index in [0.717, 1.165) is 19.3 Å². The fraction of sp³-hybridized carbons (Fsp3) is 1.00. The predicted octanol–water partition coefficient (Wildman–Crippen LogP) is 5.86. The Bertz CT molecular complexity index is 457. The third-order valence-corrected chi connectivity index (χ3v) is 8.94. The van der Waals surface area contributed by atoms with Crippen molar-refractivity contribution in [3.63, 3.8) is 0 Å². The molecule has 0 aliphatic heterocycles. The van der Waals surface area contributed by atoms with Crippen molar-refractivity contribution in [3.8, 4) is 0 Å². The normalized spacial score (nSPS) is 17.8. The number of ether oxygens (including phenoxy) is 5. The van der Waals surface area contributed by atoms with Crippen molar-refractivity contribution < 1.29 is 23.7 Å². The van der Waals surface area contributed by atoms with E-state index in [1.807, 2.05) is 41.5 Å². The van der Waals surface area contributed by atoms with Gasteiger partial charge in [0.1, 0.15) is 5.72 Å². The third-order valence-electron chi connectivity index (χ3n) is 5.16. The summed E-state index contributed by atoms with van der Waals surface area (Å²) in [5.74, 6) is 0. The number of nitrogens with two attached hydrogens (primary N) is 1. The van der Waals surface area contributed by atoms with Crippen molar-refractivity contribution in [1.29, 1.82) is 0 Å². The van der Waals surface area contributed by atoms with Crippen LogP contribution in [0.2, 0.25) is 0 Å². The lowest BCUT2D eigenvalue weighted by molar-refractivity contribution is -0.172. The summed E-state index contributed by atoms with van der Waals surface area (Å²) in [4.78, 5) is 0. The van der Waals surface area contributed by atoms with Gasteiger partial charge in [-0.05, 0) is 53.6 Å². The standard InChI is InChI=1S/C23H51NO5P2/c1-11-22(25-13-3,26-14-4)30-19(9)17-21(24,29-18(7)8)20(10)31-23(12-2,27-15-5)28-16-6/h18-20,30-31H,11-17,24H2,1-10H3. The molecule has 2 N–H and O–H groups in total. The van der Waals surface area contributed by atoms with Gasteiger partial charge in [0, 0.05) is 44.9 Å². The minimum absolute atomic E-state index is 0.0257. The van der Waals surface area contributed by atoms with E-state index >= 15 is 0 Å². The summed E-state index contributed by atoms with van der Waals surface area (Å²) in [5, 5.41) is 0. The lowest BCUT2D eigenvalue weighted by atomic mass is 10.0. The van der Waals surface area contributed by atoms with Gasteiger partial charge in [-0.2, -0.15) is 0 Å². The molecule has 5 atom stereocenters. The Balaban J connectivity index is 5.65. The van der Waals surface area contributed by atoms with Crippen LogP contribution in [0.4, 0.5) is 0 Å². The van der Waals surface area contributed by atoms with Gasteiger partial charge in [-0.1, -0.05) is 44.9 Å². The minimum Gasteiger partial charge on any atom is -0.358 e. The molecule has 0 aliphatic carbocycles. The van der Waals surface area contributed by atoms with Gasteiger partial charge in [-0.15, -0.1) is 0 Å². The first-order chi connectivity index (χ1) is 14.5. The molecule has 0 spiro atoms. The van der Waals surface area contributed by atoms with Crippen LogP contribution in [0.25, 0.3) is 0 Å². The van der Waals surface area contributed by atoms with Gasteiger partial charge in [-0.3, -0.25) is 0 Å². The zero-order chi connectivity index (χ0) is 24.1. The highest BCUT2D eigenvalue weighted by atomic mass is 31.1. The molecule has 188 valence electrons. The van der Waals surface area contributed by atoms with E-state index in [9.17, 15) is 0 Å². The second-order valence-electron chi connectivity index (χ2n) is 8.18. The molecular formula is C23H51NO5P2. The molecular weight excluding hydrogens is 432 g/mol. The molecule has 31 heavy (non-hydrogen) atoms. The van der Waals surface area contributed by atoms with Crippen LogP contribution in [0.1, 0.15) is 88.5 Å². The van der Waals surface area contributed by atoms with Crippen molar-refractivity contribution in [2.45, 2.75) is 123 Å². The molecule has 0 saturated carbocycles. The van der Waals surface area contributed by atoms with Crippen LogP contribution >= 0.6 is 17.2 Å². The van der Waals surface area contributed by atoms with Crippen LogP contribution in [0.5, 0.6) is 0 Å². The van der Waals surface area contributed by atoms with E-state index in [4.69, 9.17) is 29.4 Å². The number of hydrogen-bond acceptors (Lipinski definition) is 6. The molecule has 0 aromatic rings. The van der Waals surface area contributed by atoms with Gasteiger partial charge in [0.05, 0.1) is 6.10 Å². The van der Waals surface area contributed by atoms with Crippen LogP contribution in [-0.4, -0.2) is 60.6 Å². The third kappa shape index (κ3) is 10.6. The van der Waals surface area contributed by atoms with Crippen LogP contribution in [0.15, 0.2) is 0 Å². The zero-order valence-corrected chi connectivity index (χ0v) is 23.8. The highest BCUT2D eigenvalue weighted by molar-refractivity contribution is 7.40. The summed E-state index contributed by atoms with van der Waals surface area (Å²) in [6.45, 7) is 23.2. The maximum absolute atomic E-state index is 7.00.